The molecule has 4 heteroatoms. The van der Waals surface area contributed by atoms with Crippen molar-refractivity contribution >= 4 is 0 Å². The molecule has 0 bridgehead atoms. The van der Waals surface area contributed by atoms with Crippen LogP contribution in [0.2, 0.25) is 0 Å². The summed E-state index contributed by atoms with van der Waals surface area (Å²) in [6.07, 6.45) is 8.41. The third-order valence-electron chi connectivity index (χ3n) is 1.96. The molecule has 0 aromatic carbocycles. The van der Waals surface area contributed by atoms with E-state index in [4.69, 9.17) is 0 Å². The standard InChI is InChI=1S/C9H12N4/c1-3-9-10-4-5-13(9)12-6-8(2)11-7-12/h4-7H,3H2,1-2H3. The molecule has 0 atom stereocenters. The van der Waals surface area contributed by atoms with Crippen molar-refractivity contribution < 1.29 is 0 Å². The van der Waals surface area contributed by atoms with E-state index in [9.17, 15) is 0 Å². The second-order valence-electron chi connectivity index (χ2n) is 2.94. The fraction of sp³-hybridized carbons (Fsp3) is 0.333. The average molecular weight is 176 g/mol. The summed E-state index contributed by atoms with van der Waals surface area (Å²) < 4.78 is 3.92. The molecule has 4 nitrogen and oxygen atoms in total. The molecule has 2 heterocycles. The Labute approximate surface area is 76.8 Å². The number of hydrogen-bond acceptors (Lipinski definition) is 2. The lowest BCUT2D eigenvalue weighted by Crippen LogP contribution is -2.09. The molecule has 0 N–H and O–H groups in total. The van der Waals surface area contributed by atoms with Crippen LogP contribution in [-0.2, 0) is 6.42 Å². The van der Waals surface area contributed by atoms with Gasteiger partial charge in [-0.25, -0.2) is 19.3 Å². The molecule has 68 valence electrons. The van der Waals surface area contributed by atoms with E-state index in [-0.39, 0.29) is 0 Å². The quantitative estimate of drug-likeness (QED) is 0.690. The van der Waals surface area contributed by atoms with Crippen molar-refractivity contribution in [2.45, 2.75) is 20.3 Å². The Balaban J connectivity index is 2.45. The predicted molar refractivity (Wildman–Crippen MR) is 49.4 cm³/mol. The molecule has 0 spiro atoms. The number of aromatic nitrogens is 4. The largest absolute Gasteiger partial charge is 0.243 e. The fourth-order valence-corrected chi connectivity index (χ4v) is 1.32. The van der Waals surface area contributed by atoms with Gasteiger partial charge in [-0.15, -0.1) is 0 Å². The van der Waals surface area contributed by atoms with Gasteiger partial charge in [-0.2, -0.15) is 0 Å². The van der Waals surface area contributed by atoms with E-state index >= 15 is 0 Å². The van der Waals surface area contributed by atoms with Gasteiger partial charge < -0.3 is 0 Å². The first kappa shape index (κ1) is 8.04. The maximum atomic E-state index is 4.23. The van der Waals surface area contributed by atoms with Gasteiger partial charge in [0.2, 0.25) is 0 Å². The van der Waals surface area contributed by atoms with Gasteiger partial charge in [-0.3, -0.25) is 0 Å². The smallest absolute Gasteiger partial charge is 0.128 e. The topological polar surface area (TPSA) is 35.6 Å². The molecule has 0 aliphatic rings. The summed E-state index contributed by atoms with van der Waals surface area (Å²) >= 11 is 0. The van der Waals surface area contributed by atoms with E-state index in [2.05, 4.69) is 16.9 Å². The Morgan fingerprint density at radius 2 is 2.23 bits per heavy atom. The Kier molecular flexibility index (Phi) is 1.88. The van der Waals surface area contributed by atoms with Gasteiger partial charge in [-0.1, -0.05) is 6.92 Å². The first-order chi connectivity index (χ1) is 6.31. The zero-order valence-corrected chi connectivity index (χ0v) is 7.81. The lowest BCUT2D eigenvalue weighted by Gasteiger charge is -2.05. The van der Waals surface area contributed by atoms with E-state index in [0.29, 0.717) is 0 Å². The molecule has 2 aromatic rings. The third kappa shape index (κ3) is 1.35. The van der Waals surface area contributed by atoms with Gasteiger partial charge >= 0.3 is 0 Å². The summed E-state index contributed by atoms with van der Waals surface area (Å²) in [6.45, 7) is 4.06. The highest BCUT2D eigenvalue weighted by atomic mass is 15.5. The molecule has 0 amide bonds. The van der Waals surface area contributed by atoms with Gasteiger partial charge in [-0.05, 0) is 6.92 Å². The minimum absolute atomic E-state index is 0.921. The molecule has 0 saturated heterocycles. The lowest BCUT2D eigenvalue weighted by atomic mass is 10.5. The van der Waals surface area contributed by atoms with Crippen LogP contribution in [0.3, 0.4) is 0 Å². The Morgan fingerprint density at radius 1 is 1.38 bits per heavy atom. The normalized spacial score (nSPS) is 10.6. The van der Waals surface area contributed by atoms with E-state index in [1.165, 1.54) is 0 Å². The Hall–Kier alpha value is -1.58. The van der Waals surface area contributed by atoms with E-state index in [0.717, 1.165) is 17.9 Å². The summed E-state index contributed by atoms with van der Waals surface area (Å²) in [5.41, 5.74) is 1.01. The molecule has 0 saturated carbocycles. The number of rotatable bonds is 2. The van der Waals surface area contributed by atoms with Crippen molar-refractivity contribution in [3.05, 3.63) is 36.4 Å². The molecule has 0 fully saturated rings. The second-order valence-corrected chi connectivity index (χ2v) is 2.94. The highest BCUT2D eigenvalue weighted by molar-refractivity contribution is 4.98. The zero-order valence-electron chi connectivity index (χ0n) is 7.81. The Bertz CT molecular complexity index is 399. The summed E-state index contributed by atoms with van der Waals surface area (Å²) in [4.78, 5) is 8.40. The summed E-state index contributed by atoms with van der Waals surface area (Å²) in [7, 11) is 0. The zero-order chi connectivity index (χ0) is 9.26. The highest BCUT2D eigenvalue weighted by Gasteiger charge is 2.01. The monoisotopic (exact) mass is 176 g/mol. The minimum atomic E-state index is 0.921. The molecular weight excluding hydrogens is 164 g/mol. The van der Waals surface area contributed by atoms with Gasteiger partial charge in [0, 0.05) is 25.0 Å². The van der Waals surface area contributed by atoms with Crippen molar-refractivity contribution in [1.82, 2.24) is 19.3 Å². The van der Waals surface area contributed by atoms with E-state index in [1.807, 2.05) is 28.7 Å². The van der Waals surface area contributed by atoms with Crippen molar-refractivity contribution in [1.29, 1.82) is 0 Å². The number of imidazole rings is 2. The second kappa shape index (κ2) is 3.05. The molecule has 0 aliphatic carbocycles. The molecule has 2 aromatic heterocycles. The van der Waals surface area contributed by atoms with Crippen LogP contribution in [0.4, 0.5) is 0 Å². The number of aryl methyl sites for hydroxylation is 2. The molecule has 0 radical (unpaired) electrons. The highest BCUT2D eigenvalue weighted by Crippen LogP contribution is 2.01. The van der Waals surface area contributed by atoms with E-state index < -0.39 is 0 Å². The predicted octanol–water partition coefficient (Wildman–Crippen LogP) is 1.26. The summed E-state index contributed by atoms with van der Waals surface area (Å²) in [5.74, 6) is 1.04. The van der Waals surface area contributed by atoms with Crippen LogP contribution in [0.15, 0.2) is 24.9 Å². The lowest BCUT2D eigenvalue weighted by molar-refractivity contribution is 0.618. The van der Waals surface area contributed by atoms with Gasteiger partial charge in [0.1, 0.15) is 12.2 Å². The SMILES string of the molecule is CCc1nccn1-n1cnc(C)c1. The first-order valence-corrected chi connectivity index (χ1v) is 4.34. The molecule has 0 aliphatic heterocycles. The maximum absolute atomic E-state index is 4.23. The number of hydrogen-bond donors (Lipinski definition) is 0. The maximum Gasteiger partial charge on any atom is 0.128 e. The van der Waals surface area contributed by atoms with Crippen LogP contribution in [0.1, 0.15) is 18.4 Å². The first-order valence-electron chi connectivity index (χ1n) is 4.34. The van der Waals surface area contributed by atoms with Crippen molar-refractivity contribution in [3.8, 4) is 0 Å². The fourth-order valence-electron chi connectivity index (χ4n) is 1.32. The van der Waals surface area contributed by atoms with Crippen molar-refractivity contribution in [2.75, 3.05) is 0 Å². The van der Waals surface area contributed by atoms with Crippen LogP contribution >= 0.6 is 0 Å². The van der Waals surface area contributed by atoms with Crippen LogP contribution in [-0.4, -0.2) is 19.3 Å². The molecular formula is C9H12N4. The van der Waals surface area contributed by atoms with Crippen LogP contribution < -0.4 is 0 Å². The number of nitrogens with zero attached hydrogens (tertiary/aromatic N) is 4. The van der Waals surface area contributed by atoms with Gasteiger partial charge in [0.15, 0.2) is 0 Å². The van der Waals surface area contributed by atoms with Gasteiger partial charge in [0.25, 0.3) is 0 Å². The minimum Gasteiger partial charge on any atom is -0.243 e. The van der Waals surface area contributed by atoms with Crippen LogP contribution in [0.5, 0.6) is 0 Å². The van der Waals surface area contributed by atoms with Gasteiger partial charge in [0.05, 0.1) is 5.69 Å². The third-order valence-corrected chi connectivity index (χ3v) is 1.96. The summed E-state index contributed by atoms with van der Waals surface area (Å²) in [5, 5.41) is 0. The van der Waals surface area contributed by atoms with Crippen LogP contribution in [0.25, 0.3) is 0 Å². The summed E-state index contributed by atoms with van der Waals surface area (Å²) in [6, 6.07) is 0. The molecule has 0 unspecified atom stereocenters. The van der Waals surface area contributed by atoms with Crippen molar-refractivity contribution in [3.63, 3.8) is 0 Å². The molecule has 2 rings (SSSR count). The van der Waals surface area contributed by atoms with E-state index in [1.54, 1.807) is 12.5 Å². The Morgan fingerprint density at radius 3 is 2.85 bits per heavy atom. The molecule has 13 heavy (non-hydrogen) atoms. The van der Waals surface area contributed by atoms with Crippen molar-refractivity contribution in [2.24, 2.45) is 0 Å². The average Bonchev–Trinajstić information content (AvgIpc) is 2.71. The van der Waals surface area contributed by atoms with Crippen LogP contribution in [0, 0.1) is 6.92 Å².